The van der Waals surface area contributed by atoms with Crippen molar-refractivity contribution in [2.75, 3.05) is 64.4 Å². The number of benzene rings is 3. The van der Waals surface area contributed by atoms with E-state index in [0.717, 1.165) is 5.56 Å². The third-order valence-corrected chi connectivity index (χ3v) is 8.08. The Morgan fingerprint density at radius 3 is 2.05 bits per heavy atom. The molecule has 2 saturated heterocycles. The lowest BCUT2D eigenvalue weighted by molar-refractivity contribution is -0.138. The number of piperazine rings is 1. The third-order valence-electron chi connectivity index (χ3n) is 8.08. The molecule has 2 amide bonds. The third kappa shape index (κ3) is 5.53. The molecule has 0 N–H and O–H groups in total. The first-order valence-electron chi connectivity index (χ1n) is 13.9. The molecular weight excluding hydrogens is 541 g/mol. The molecule has 42 heavy (non-hydrogen) atoms. The van der Waals surface area contributed by atoms with Gasteiger partial charge in [0.25, 0.3) is 0 Å². The Morgan fingerprint density at radius 1 is 0.833 bits per heavy atom. The number of methoxy groups -OCH3 is 4. The first kappa shape index (κ1) is 29.0. The molecule has 0 radical (unpaired) electrons. The highest BCUT2D eigenvalue weighted by Crippen LogP contribution is 2.46. The summed E-state index contributed by atoms with van der Waals surface area (Å²) in [5, 5.41) is 0. The summed E-state index contributed by atoms with van der Waals surface area (Å²) in [4.78, 5) is 33.3. The summed E-state index contributed by atoms with van der Waals surface area (Å²) in [5.41, 5.74) is 1.88. The number of hydrogen-bond acceptors (Lipinski definition) is 7. The maximum atomic E-state index is 14.4. The summed E-state index contributed by atoms with van der Waals surface area (Å²) < 4.78 is 36.4. The molecule has 0 saturated carbocycles. The van der Waals surface area contributed by atoms with Crippen LogP contribution < -0.4 is 28.7 Å². The quantitative estimate of drug-likeness (QED) is 0.384. The number of rotatable bonds is 8. The van der Waals surface area contributed by atoms with Gasteiger partial charge in [-0.3, -0.25) is 9.59 Å². The van der Waals surface area contributed by atoms with Crippen molar-refractivity contribution >= 4 is 23.2 Å². The van der Waals surface area contributed by atoms with Gasteiger partial charge < -0.3 is 33.6 Å². The molecule has 0 unspecified atom stereocenters. The molecule has 3 aromatic rings. The van der Waals surface area contributed by atoms with Crippen LogP contribution in [-0.4, -0.2) is 71.3 Å². The molecule has 3 aromatic carbocycles. The lowest BCUT2D eigenvalue weighted by atomic mass is 9.82. The van der Waals surface area contributed by atoms with E-state index in [1.807, 2.05) is 40.1 Å². The number of ether oxygens (including phenoxy) is 4. The van der Waals surface area contributed by atoms with E-state index in [1.54, 1.807) is 36.3 Å². The highest BCUT2D eigenvalue weighted by molar-refractivity contribution is 5.98. The summed E-state index contributed by atoms with van der Waals surface area (Å²) in [7, 11) is 6.15. The van der Waals surface area contributed by atoms with Crippen LogP contribution in [0.2, 0.25) is 0 Å². The van der Waals surface area contributed by atoms with Crippen LogP contribution in [0.25, 0.3) is 0 Å². The summed E-state index contributed by atoms with van der Waals surface area (Å²) >= 11 is 0. The van der Waals surface area contributed by atoms with Gasteiger partial charge in [0.15, 0.2) is 11.5 Å². The highest BCUT2D eigenvalue weighted by Gasteiger charge is 2.44. The van der Waals surface area contributed by atoms with Gasteiger partial charge in [0.2, 0.25) is 17.6 Å². The van der Waals surface area contributed by atoms with E-state index < -0.39 is 12.0 Å². The van der Waals surface area contributed by atoms with E-state index in [1.165, 1.54) is 27.4 Å². The van der Waals surface area contributed by atoms with Crippen LogP contribution in [0, 0.1) is 11.7 Å². The number of carbonyl (C=O) groups excluding carboxylic acids is 2. The summed E-state index contributed by atoms with van der Waals surface area (Å²) in [6.45, 7) is 1.94. The van der Waals surface area contributed by atoms with E-state index in [-0.39, 0.29) is 24.1 Å². The number of anilines is 2. The van der Waals surface area contributed by atoms with E-state index in [4.69, 9.17) is 18.9 Å². The fraction of sp³-hybridized carbons (Fsp3) is 0.375. The van der Waals surface area contributed by atoms with E-state index in [0.29, 0.717) is 67.0 Å². The summed E-state index contributed by atoms with van der Waals surface area (Å²) in [6, 6.07) is 17.0. The van der Waals surface area contributed by atoms with Gasteiger partial charge in [0, 0.05) is 44.7 Å². The molecule has 0 aromatic heterocycles. The molecule has 5 rings (SSSR count). The van der Waals surface area contributed by atoms with Crippen molar-refractivity contribution in [1.82, 2.24) is 4.90 Å². The van der Waals surface area contributed by atoms with Crippen molar-refractivity contribution in [3.63, 3.8) is 0 Å². The maximum absolute atomic E-state index is 14.4. The standard InChI is InChI=1S/C32H36FN3O6/c1-39-23-11-9-21(10-12-23)30-24(32(38)35-17-15-34(16-18-35)26-8-6-5-7-25(26)33)13-14-29(37)36(30)22-19-27(40-2)31(42-4)28(20-22)41-3/h5-12,19-20,24,30H,13-18H2,1-4H3/t24-,30-/m1/s1. The minimum atomic E-state index is -0.586. The van der Waals surface area contributed by atoms with Gasteiger partial charge in [-0.05, 0) is 36.2 Å². The molecule has 2 heterocycles. The Morgan fingerprint density at radius 2 is 1.48 bits per heavy atom. The average molecular weight is 578 g/mol. The Bertz CT molecular complexity index is 1400. The largest absolute Gasteiger partial charge is 0.497 e. The smallest absolute Gasteiger partial charge is 0.228 e. The summed E-state index contributed by atoms with van der Waals surface area (Å²) in [5.74, 6) is 0.977. The van der Waals surface area contributed by atoms with E-state index in [9.17, 15) is 14.0 Å². The Hall–Kier alpha value is -4.47. The zero-order valence-electron chi connectivity index (χ0n) is 24.3. The number of halogens is 1. The lowest BCUT2D eigenvalue weighted by Crippen LogP contribution is -2.54. The lowest BCUT2D eigenvalue weighted by Gasteiger charge is -2.44. The maximum Gasteiger partial charge on any atom is 0.228 e. The van der Waals surface area contributed by atoms with Crippen molar-refractivity contribution in [1.29, 1.82) is 0 Å². The van der Waals surface area contributed by atoms with Crippen LogP contribution in [-0.2, 0) is 9.59 Å². The highest BCUT2D eigenvalue weighted by atomic mass is 19.1. The van der Waals surface area contributed by atoms with Crippen molar-refractivity contribution in [3.05, 3.63) is 72.0 Å². The second-order valence-corrected chi connectivity index (χ2v) is 10.3. The number of para-hydroxylation sites is 1. The molecular formula is C32H36FN3O6. The molecule has 2 aliphatic heterocycles. The second-order valence-electron chi connectivity index (χ2n) is 10.3. The predicted molar refractivity (Wildman–Crippen MR) is 157 cm³/mol. The van der Waals surface area contributed by atoms with E-state index >= 15 is 0 Å². The molecule has 0 spiro atoms. The zero-order valence-corrected chi connectivity index (χ0v) is 24.3. The summed E-state index contributed by atoms with van der Waals surface area (Å²) in [6.07, 6.45) is 0.609. The van der Waals surface area contributed by atoms with Gasteiger partial charge in [0.1, 0.15) is 11.6 Å². The molecule has 0 aliphatic carbocycles. The van der Waals surface area contributed by atoms with Crippen molar-refractivity contribution < 1.29 is 32.9 Å². The van der Waals surface area contributed by atoms with Gasteiger partial charge in [0.05, 0.1) is 51.8 Å². The number of carbonyl (C=O) groups is 2. The first-order valence-corrected chi connectivity index (χ1v) is 13.9. The number of nitrogens with zero attached hydrogens (tertiary/aromatic N) is 3. The van der Waals surface area contributed by atoms with Gasteiger partial charge in [-0.15, -0.1) is 0 Å². The first-order chi connectivity index (χ1) is 20.4. The van der Waals surface area contributed by atoms with Crippen LogP contribution in [0.1, 0.15) is 24.4 Å². The van der Waals surface area contributed by atoms with Crippen molar-refractivity contribution in [2.24, 2.45) is 5.92 Å². The Balaban J connectivity index is 1.49. The minimum absolute atomic E-state index is 0.0334. The van der Waals surface area contributed by atoms with Crippen LogP contribution in [0.3, 0.4) is 0 Å². The molecule has 9 nitrogen and oxygen atoms in total. The monoisotopic (exact) mass is 577 g/mol. The number of hydrogen-bond donors (Lipinski definition) is 0. The Kier molecular flexibility index (Phi) is 8.70. The molecule has 222 valence electrons. The van der Waals surface area contributed by atoms with Gasteiger partial charge in [-0.25, -0.2) is 4.39 Å². The second kappa shape index (κ2) is 12.6. The number of amides is 2. The Labute approximate surface area is 245 Å². The fourth-order valence-electron chi connectivity index (χ4n) is 5.95. The topological polar surface area (TPSA) is 80.8 Å². The predicted octanol–water partition coefficient (Wildman–Crippen LogP) is 4.69. The zero-order chi connectivity index (χ0) is 29.8. The number of piperidine rings is 1. The minimum Gasteiger partial charge on any atom is -0.497 e. The van der Waals surface area contributed by atoms with Gasteiger partial charge in [-0.1, -0.05) is 24.3 Å². The fourth-order valence-corrected chi connectivity index (χ4v) is 5.95. The normalized spacial score (nSPS) is 19.0. The molecule has 2 aliphatic rings. The SMILES string of the molecule is COc1ccc([C@@H]2[C@H](C(=O)N3CCN(c4ccccc4F)CC3)CCC(=O)N2c2cc(OC)c(OC)c(OC)c2)cc1. The van der Waals surface area contributed by atoms with Gasteiger partial charge in [-0.2, -0.15) is 0 Å². The molecule has 0 bridgehead atoms. The van der Waals surface area contributed by atoms with Crippen LogP contribution in [0.4, 0.5) is 15.8 Å². The molecule has 2 fully saturated rings. The molecule has 10 heteroatoms. The van der Waals surface area contributed by atoms with Gasteiger partial charge >= 0.3 is 0 Å². The van der Waals surface area contributed by atoms with Crippen LogP contribution in [0.5, 0.6) is 23.0 Å². The average Bonchev–Trinajstić information content (AvgIpc) is 3.04. The van der Waals surface area contributed by atoms with Crippen molar-refractivity contribution in [3.8, 4) is 23.0 Å². The van der Waals surface area contributed by atoms with Crippen LogP contribution >= 0.6 is 0 Å². The van der Waals surface area contributed by atoms with E-state index in [2.05, 4.69) is 0 Å². The molecule has 2 atom stereocenters. The van der Waals surface area contributed by atoms with Crippen LogP contribution in [0.15, 0.2) is 60.7 Å². The van der Waals surface area contributed by atoms with Crippen molar-refractivity contribution in [2.45, 2.75) is 18.9 Å².